The van der Waals surface area contributed by atoms with Crippen molar-refractivity contribution in [2.24, 2.45) is 5.92 Å². The molecule has 27 heavy (non-hydrogen) atoms. The molecule has 2 heterocycles. The number of carbonyl (C=O) groups excluding carboxylic acids is 1. The van der Waals surface area contributed by atoms with E-state index in [4.69, 9.17) is 0 Å². The fourth-order valence-electron chi connectivity index (χ4n) is 3.23. The molecule has 1 amide bonds. The molecule has 0 radical (unpaired) electrons. The second kappa shape index (κ2) is 7.35. The van der Waals surface area contributed by atoms with Gasteiger partial charge in [0.1, 0.15) is 4.90 Å². The van der Waals surface area contributed by atoms with Crippen LogP contribution in [0.1, 0.15) is 24.2 Å². The van der Waals surface area contributed by atoms with E-state index in [1.165, 1.54) is 10.4 Å². The number of carbonyl (C=O) groups is 1. The molecular formula is C17H20F2N4O3S. The summed E-state index contributed by atoms with van der Waals surface area (Å²) in [5.41, 5.74) is 1.05. The SMILES string of the molecule is Cc1n[nH]c(C)c1S(=O)(=O)N1CCC(C(=O)Nc2ccc(F)c(F)c2)CC1. The molecule has 0 spiro atoms. The first-order valence-corrected chi connectivity index (χ1v) is 9.92. The van der Waals surface area contributed by atoms with Crippen LogP contribution in [0, 0.1) is 31.4 Å². The molecule has 0 bridgehead atoms. The maximum Gasteiger partial charge on any atom is 0.246 e. The lowest BCUT2D eigenvalue weighted by Gasteiger charge is -2.30. The number of H-pyrrole nitrogens is 1. The number of sulfonamides is 1. The van der Waals surface area contributed by atoms with Gasteiger partial charge in [0.15, 0.2) is 11.6 Å². The first-order chi connectivity index (χ1) is 12.7. The lowest BCUT2D eigenvalue weighted by molar-refractivity contribution is -0.120. The third kappa shape index (κ3) is 3.86. The molecule has 2 aromatic rings. The monoisotopic (exact) mass is 398 g/mol. The number of amides is 1. The summed E-state index contributed by atoms with van der Waals surface area (Å²) < 4.78 is 53.2. The molecule has 146 valence electrons. The van der Waals surface area contributed by atoms with E-state index >= 15 is 0 Å². The minimum absolute atomic E-state index is 0.165. The van der Waals surface area contributed by atoms with Crippen LogP contribution < -0.4 is 5.32 Å². The summed E-state index contributed by atoms with van der Waals surface area (Å²) in [6, 6.07) is 3.13. The first-order valence-electron chi connectivity index (χ1n) is 8.47. The van der Waals surface area contributed by atoms with Gasteiger partial charge in [0.2, 0.25) is 15.9 Å². The van der Waals surface area contributed by atoms with E-state index in [0.29, 0.717) is 24.2 Å². The molecule has 3 rings (SSSR count). The number of aromatic nitrogens is 2. The number of nitrogens with one attached hydrogen (secondary N) is 2. The number of aryl methyl sites for hydroxylation is 2. The number of rotatable bonds is 4. The normalized spacial score (nSPS) is 16.4. The summed E-state index contributed by atoms with van der Waals surface area (Å²) in [7, 11) is -3.68. The van der Waals surface area contributed by atoms with Crippen molar-refractivity contribution in [2.45, 2.75) is 31.6 Å². The molecule has 1 aliphatic heterocycles. The highest BCUT2D eigenvalue weighted by atomic mass is 32.2. The Morgan fingerprint density at radius 2 is 1.89 bits per heavy atom. The zero-order valence-electron chi connectivity index (χ0n) is 14.9. The standard InChI is InChI=1S/C17H20F2N4O3S/c1-10-16(11(2)22-21-10)27(25,26)23-7-5-12(6-8-23)17(24)20-13-3-4-14(18)15(19)9-13/h3-4,9,12H,5-8H2,1-2H3,(H,20,24)(H,21,22). The third-order valence-electron chi connectivity index (χ3n) is 4.67. The minimum Gasteiger partial charge on any atom is -0.326 e. The Labute approximate surface area is 155 Å². The van der Waals surface area contributed by atoms with Gasteiger partial charge in [0.05, 0.1) is 11.4 Å². The van der Waals surface area contributed by atoms with Gasteiger partial charge in [0.25, 0.3) is 0 Å². The van der Waals surface area contributed by atoms with E-state index in [-0.39, 0.29) is 29.6 Å². The summed E-state index contributed by atoms with van der Waals surface area (Å²) in [5, 5.41) is 9.15. The molecule has 7 nitrogen and oxygen atoms in total. The zero-order valence-corrected chi connectivity index (χ0v) is 15.7. The van der Waals surface area contributed by atoms with Crippen LogP contribution in [0.25, 0.3) is 0 Å². The van der Waals surface area contributed by atoms with E-state index in [9.17, 15) is 22.0 Å². The molecule has 0 unspecified atom stereocenters. The number of nitrogens with zero attached hydrogens (tertiary/aromatic N) is 2. The van der Waals surface area contributed by atoms with Crippen LogP contribution in [0.15, 0.2) is 23.1 Å². The number of benzene rings is 1. The van der Waals surface area contributed by atoms with Gasteiger partial charge in [-0.2, -0.15) is 9.40 Å². The maximum atomic E-state index is 13.2. The number of halogens is 2. The average molecular weight is 398 g/mol. The van der Waals surface area contributed by atoms with Crippen LogP contribution in [0.3, 0.4) is 0 Å². The number of hydrogen-bond donors (Lipinski definition) is 2. The Hall–Kier alpha value is -2.33. The van der Waals surface area contributed by atoms with Crippen molar-refractivity contribution < 1.29 is 22.0 Å². The maximum absolute atomic E-state index is 13.2. The van der Waals surface area contributed by atoms with E-state index in [1.54, 1.807) is 13.8 Å². The number of piperidine rings is 1. The Bertz CT molecular complexity index is 947. The molecule has 0 aliphatic carbocycles. The van der Waals surface area contributed by atoms with Crippen molar-refractivity contribution in [1.82, 2.24) is 14.5 Å². The smallest absolute Gasteiger partial charge is 0.246 e. The van der Waals surface area contributed by atoms with Crippen molar-refractivity contribution >= 4 is 21.6 Å². The molecule has 10 heteroatoms. The number of anilines is 1. The summed E-state index contributed by atoms with van der Waals surface area (Å²) in [5.74, 6) is -2.78. The van der Waals surface area contributed by atoms with Gasteiger partial charge >= 0.3 is 0 Å². The van der Waals surface area contributed by atoms with Gasteiger partial charge in [-0.15, -0.1) is 0 Å². The van der Waals surface area contributed by atoms with Gasteiger partial charge < -0.3 is 5.32 Å². The van der Waals surface area contributed by atoms with Gasteiger partial charge in [0, 0.05) is 30.8 Å². The van der Waals surface area contributed by atoms with Crippen LogP contribution in [0.5, 0.6) is 0 Å². The average Bonchev–Trinajstić information content (AvgIpc) is 2.97. The molecular weight excluding hydrogens is 378 g/mol. The van der Waals surface area contributed by atoms with Crippen LogP contribution in [-0.4, -0.2) is 41.9 Å². The summed E-state index contributed by atoms with van der Waals surface area (Å²) in [6.45, 7) is 3.66. The zero-order chi connectivity index (χ0) is 19.8. The van der Waals surface area contributed by atoms with Crippen molar-refractivity contribution in [3.05, 3.63) is 41.2 Å². The fraction of sp³-hybridized carbons (Fsp3) is 0.412. The Balaban J connectivity index is 1.64. The number of hydrogen-bond acceptors (Lipinski definition) is 4. The second-order valence-electron chi connectivity index (χ2n) is 6.56. The highest BCUT2D eigenvalue weighted by molar-refractivity contribution is 7.89. The highest BCUT2D eigenvalue weighted by Crippen LogP contribution is 2.27. The van der Waals surface area contributed by atoms with Gasteiger partial charge in [-0.05, 0) is 38.8 Å². The van der Waals surface area contributed by atoms with Crippen LogP contribution in [0.4, 0.5) is 14.5 Å². The predicted octanol–water partition coefficient (Wildman–Crippen LogP) is 2.34. The molecule has 1 aromatic heterocycles. The molecule has 0 saturated carbocycles. The topological polar surface area (TPSA) is 95.2 Å². The Morgan fingerprint density at radius 3 is 2.44 bits per heavy atom. The van der Waals surface area contributed by atoms with Gasteiger partial charge in [-0.3, -0.25) is 9.89 Å². The van der Waals surface area contributed by atoms with Crippen molar-refractivity contribution in [3.63, 3.8) is 0 Å². The predicted molar refractivity (Wildman–Crippen MR) is 94.5 cm³/mol. The lowest BCUT2D eigenvalue weighted by Crippen LogP contribution is -2.41. The third-order valence-corrected chi connectivity index (χ3v) is 6.83. The van der Waals surface area contributed by atoms with Crippen molar-refractivity contribution in [1.29, 1.82) is 0 Å². The Kier molecular flexibility index (Phi) is 5.29. The quantitative estimate of drug-likeness (QED) is 0.826. The van der Waals surface area contributed by atoms with Crippen LogP contribution >= 0.6 is 0 Å². The molecule has 1 saturated heterocycles. The van der Waals surface area contributed by atoms with E-state index in [0.717, 1.165) is 12.1 Å². The summed E-state index contributed by atoms with van der Waals surface area (Å²) in [6.07, 6.45) is 0.676. The van der Waals surface area contributed by atoms with Crippen molar-refractivity contribution in [2.75, 3.05) is 18.4 Å². The lowest BCUT2D eigenvalue weighted by atomic mass is 9.97. The molecule has 1 aliphatic rings. The first kappa shape index (κ1) is 19.4. The molecule has 1 fully saturated rings. The summed E-state index contributed by atoms with van der Waals surface area (Å²) >= 11 is 0. The van der Waals surface area contributed by atoms with Gasteiger partial charge in [-0.1, -0.05) is 0 Å². The van der Waals surface area contributed by atoms with E-state index < -0.39 is 27.6 Å². The number of aromatic amines is 1. The molecule has 1 aromatic carbocycles. The molecule has 0 atom stereocenters. The highest BCUT2D eigenvalue weighted by Gasteiger charge is 2.34. The van der Waals surface area contributed by atoms with Crippen LogP contribution in [-0.2, 0) is 14.8 Å². The van der Waals surface area contributed by atoms with Crippen molar-refractivity contribution in [3.8, 4) is 0 Å². The van der Waals surface area contributed by atoms with Gasteiger partial charge in [-0.25, -0.2) is 17.2 Å². The Morgan fingerprint density at radius 1 is 1.22 bits per heavy atom. The fourth-order valence-corrected chi connectivity index (χ4v) is 5.03. The van der Waals surface area contributed by atoms with E-state index in [1.807, 2.05) is 0 Å². The second-order valence-corrected chi connectivity index (χ2v) is 8.43. The summed E-state index contributed by atoms with van der Waals surface area (Å²) in [4.78, 5) is 12.5. The largest absolute Gasteiger partial charge is 0.326 e. The molecule has 2 N–H and O–H groups in total. The van der Waals surface area contributed by atoms with E-state index in [2.05, 4.69) is 15.5 Å². The van der Waals surface area contributed by atoms with Crippen LogP contribution in [0.2, 0.25) is 0 Å². The minimum atomic E-state index is -3.68.